The summed E-state index contributed by atoms with van der Waals surface area (Å²) in [4.78, 5) is 5.22. The van der Waals surface area contributed by atoms with E-state index < -0.39 is 0 Å². The standard InChI is InChI=1S/C61H46N2/c1-3-41(2)42-24-26-43(27-25-42)49-32-35-53-55(38-49)59(46-16-8-4-9-17-46)54-36-33-50(39-56(54)60(53)47-18-10-5-11-19-47)44-28-30-45(31-29-44)51-34-37-58-57(40-51)62-61(48-20-12-6-13-21-48)63(58)52-22-14-7-15-23-52/h4-41H,3H2,1-2H3. The second-order valence-electron chi connectivity index (χ2n) is 16.7. The number of fused-ring (bicyclic) bond motifs is 3. The van der Waals surface area contributed by atoms with Crippen LogP contribution in [0, 0.1) is 0 Å². The normalized spacial score (nSPS) is 12.0. The summed E-state index contributed by atoms with van der Waals surface area (Å²) in [6.07, 6.45) is 1.13. The van der Waals surface area contributed by atoms with Crippen LogP contribution in [0.3, 0.4) is 0 Å². The van der Waals surface area contributed by atoms with Crippen molar-refractivity contribution in [2.75, 3.05) is 0 Å². The molecule has 2 nitrogen and oxygen atoms in total. The van der Waals surface area contributed by atoms with Gasteiger partial charge < -0.3 is 0 Å². The van der Waals surface area contributed by atoms with Crippen molar-refractivity contribution in [1.82, 2.24) is 9.55 Å². The minimum atomic E-state index is 0.545. The van der Waals surface area contributed by atoms with Crippen molar-refractivity contribution >= 4 is 32.6 Å². The quantitative estimate of drug-likeness (QED) is 0.133. The summed E-state index contributed by atoms with van der Waals surface area (Å²) in [6.45, 7) is 4.56. The van der Waals surface area contributed by atoms with E-state index in [1.807, 2.05) is 0 Å². The van der Waals surface area contributed by atoms with Gasteiger partial charge in [0.15, 0.2) is 0 Å². The SMILES string of the molecule is CCC(C)c1ccc(-c2ccc3c(-c4ccccc4)c4cc(-c5ccc(-c6ccc7c(c6)nc(-c6ccccc6)n7-c6ccccc6)cc5)ccc4c(-c4ccccc4)c3c2)cc1. The molecular formula is C61H46N2. The van der Waals surface area contributed by atoms with Crippen LogP contribution in [0.5, 0.6) is 0 Å². The lowest BCUT2D eigenvalue weighted by molar-refractivity contribution is 0.734. The highest BCUT2D eigenvalue weighted by molar-refractivity contribution is 6.22. The molecule has 0 bridgehead atoms. The van der Waals surface area contributed by atoms with Crippen LogP contribution in [0.1, 0.15) is 31.7 Å². The van der Waals surface area contributed by atoms with E-state index in [1.54, 1.807) is 0 Å². The van der Waals surface area contributed by atoms with Gasteiger partial charge in [0.1, 0.15) is 5.82 Å². The third kappa shape index (κ3) is 7.00. The molecule has 1 atom stereocenters. The Balaban J connectivity index is 1.03. The molecule has 1 unspecified atom stereocenters. The molecule has 300 valence electrons. The molecule has 1 heterocycles. The van der Waals surface area contributed by atoms with Crippen LogP contribution in [0.15, 0.2) is 224 Å². The molecule has 0 spiro atoms. The number of para-hydroxylation sites is 1. The summed E-state index contributed by atoms with van der Waals surface area (Å²) >= 11 is 0. The molecule has 0 saturated heterocycles. The van der Waals surface area contributed by atoms with E-state index in [2.05, 4.69) is 243 Å². The van der Waals surface area contributed by atoms with Crippen molar-refractivity contribution in [3.05, 3.63) is 230 Å². The predicted octanol–water partition coefficient (Wildman–Crippen LogP) is 16.8. The minimum absolute atomic E-state index is 0.545. The van der Waals surface area contributed by atoms with Gasteiger partial charge in [0.25, 0.3) is 0 Å². The van der Waals surface area contributed by atoms with E-state index in [1.165, 1.54) is 71.6 Å². The van der Waals surface area contributed by atoms with E-state index in [0.29, 0.717) is 5.92 Å². The van der Waals surface area contributed by atoms with Gasteiger partial charge in [-0.2, -0.15) is 0 Å². The fraction of sp³-hybridized carbons (Fsp3) is 0.0656. The summed E-state index contributed by atoms with van der Waals surface area (Å²) in [5.74, 6) is 1.48. The van der Waals surface area contributed by atoms with E-state index in [-0.39, 0.29) is 0 Å². The van der Waals surface area contributed by atoms with E-state index in [4.69, 9.17) is 4.98 Å². The molecule has 63 heavy (non-hydrogen) atoms. The molecular weight excluding hydrogens is 761 g/mol. The van der Waals surface area contributed by atoms with Crippen LogP contribution in [0.25, 0.3) is 105 Å². The number of rotatable bonds is 9. The second-order valence-corrected chi connectivity index (χ2v) is 16.7. The van der Waals surface area contributed by atoms with Crippen molar-refractivity contribution in [3.8, 4) is 72.7 Å². The van der Waals surface area contributed by atoms with Crippen LogP contribution >= 0.6 is 0 Å². The predicted molar refractivity (Wildman–Crippen MR) is 267 cm³/mol. The van der Waals surface area contributed by atoms with Gasteiger partial charge in [-0.05, 0) is 131 Å². The van der Waals surface area contributed by atoms with E-state index >= 15 is 0 Å². The summed E-state index contributed by atoms with van der Waals surface area (Å²) in [6, 6.07) is 81.8. The number of hydrogen-bond donors (Lipinski definition) is 0. The molecule has 11 rings (SSSR count). The molecule has 0 aliphatic carbocycles. The van der Waals surface area contributed by atoms with Gasteiger partial charge in [-0.3, -0.25) is 4.57 Å². The van der Waals surface area contributed by atoms with E-state index in [0.717, 1.165) is 45.7 Å². The second kappa shape index (κ2) is 16.2. The van der Waals surface area contributed by atoms with Crippen LogP contribution < -0.4 is 0 Å². The Labute approximate surface area is 369 Å². The summed E-state index contributed by atoms with van der Waals surface area (Å²) in [5, 5.41) is 5.00. The molecule has 0 amide bonds. The number of aromatic nitrogens is 2. The zero-order chi connectivity index (χ0) is 42.3. The van der Waals surface area contributed by atoms with E-state index in [9.17, 15) is 0 Å². The van der Waals surface area contributed by atoms with Gasteiger partial charge in [-0.15, -0.1) is 0 Å². The Morgan fingerprint density at radius 3 is 1.29 bits per heavy atom. The van der Waals surface area contributed by atoms with Crippen molar-refractivity contribution in [1.29, 1.82) is 0 Å². The molecule has 0 saturated carbocycles. The Morgan fingerprint density at radius 1 is 0.381 bits per heavy atom. The Kier molecular flexibility index (Phi) is 9.82. The maximum absolute atomic E-state index is 5.22. The average Bonchev–Trinajstić information content (AvgIpc) is 3.75. The monoisotopic (exact) mass is 806 g/mol. The van der Waals surface area contributed by atoms with Gasteiger partial charge in [0.05, 0.1) is 11.0 Å². The van der Waals surface area contributed by atoms with Crippen molar-refractivity contribution < 1.29 is 0 Å². The van der Waals surface area contributed by atoms with Crippen LogP contribution in [0.2, 0.25) is 0 Å². The fourth-order valence-corrected chi connectivity index (χ4v) is 9.39. The molecule has 0 N–H and O–H groups in total. The van der Waals surface area contributed by atoms with Crippen LogP contribution in [-0.2, 0) is 0 Å². The highest BCUT2D eigenvalue weighted by Crippen LogP contribution is 2.46. The summed E-state index contributed by atoms with van der Waals surface area (Å²) in [5.41, 5.74) is 17.7. The van der Waals surface area contributed by atoms with Gasteiger partial charge in [0, 0.05) is 11.3 Å². The lowest BCUT2D eigenvalue weighted by atomic mass is 9.83. The number of nitrogens with zero attached hydrogens (tertiary/aromatic N) is 2. The number of imidazole rings is 1. The topological polar surface area (TPSA) is 17.8 Å². The first-order valence-electron chi connectivity index (χ1n) is 22.1. The number of hydrogen-bond acceptors (Lipinski definition) is 1. The molecule has 1 aromatic heterocycles. The average molecular weight is 807 g/mol. The molecule has 11 aromatic rings. The molecule has 0 aliphatic rings. The third-order valence-electron chi connectivity index (χ3n) is 12.9. The summed E-state index contributed by atoms with van der Waals surface area (Å²) in [7, 11) is 0. The Bertz CT molecular complexity index is 3390. The number of benzene rings is 10. The third-order valence-corrected chi connectivity index (χ3v) is 12.9. The maximum Gasteiger partial charge on any atom is 0.145 e. The lowest BCUT2D eigenvalue weighted by Gasteiger charge is -2.20. The molecule has 10 aromatic carbocycles. The first-order chi connectivity index (χ1) is 31.1. The van der Waals surface area contributed by atoms with Crippen molar-refractivity contribution in [2.24, 2.45) is 0 Å². The molecule has 0 fully saturated rings. The highest BCUT2D eigenvalue weighted by Gasteiger charge is 2.20. The Hall–Kier alpha value is -7.81. The smallest absolute Gasteiger partial charge is 0.145 e. The summed E-state index contributed by atoms with van der Waals surface area (Å²) < 4.78 is 2.26. The Morgan fingerprint density at radius 2 is 0.794 bits per heavy atom. The zero-order valence-electron chi connectivity index (χ0n) is 35.5. The first-order valence-corrected chi connectivity index (χ1v) is 22.1. The van der Waals surface area contributed by atoms with Crippen LogP contribution in [-0.4, -0.2) is 9.55 Å². The molecule has 2 heteroatoms. The van der Waals surface area contributed by atoms with Gasteiger partial charge in [-0.1, -0.05) is 202 Å². The van der Waals surface area contributed by atoms with Crippen molar-refractivity contribution in [3.63, 3.8) is 0 Å². The zero-order valence-corrected chi connectivity index (χ0v) is 35.5. The van der Waals surface area contributed by atoms with Gasteiger partial charge >= 0.3 is 0 Å². The molecule has 0 aliphatic heterocycles. The van der Waals surface area contributed by atoms with Gasteiger partial charge in [-0.25, -0.2) is 4.98 Å². The largest absolute Gasteiger partial charge is 0.292 e. The fourth-order valence-electron chi connectivity index (χ4n) is 9.39. The minimum Gasteiger partial charge on any atom is -0.292 e. The highest BCUT2D eigenvalue weighted by atomic mass is 15.1. The van der Waals surface area contributed by atoms with Crippen LogP contribution in [0.4, 0.5) is 0 Å². The lowest BCUT2D eigenvalue weighted by Crippen LogP contribution is -1.97. The van der Waals surface area contributed by atoms with Crippen molar-refractivity contribution in [2.45, 2.75) is 26.2 Å². The maximum atomic E-state index is 5.22. The molecule has 0 radical (unpaired) electrons. The van der Waals surface area contributed by atoms with Gasteiger partial charge in [0.2, 0.25) is 0 Å². The first kappa shape index (κ1) is 38.1.